The number of hydrogen-bond donors (Lipinski definition) is 1. The van der Waals surface area contributed by atoms with Gasteiger partial charge in [-0.2, -0.15) is 20.2 Å². The van der Waals surface area contributed by atoms with Crippen molar-refractivity contribution in [3.63, 3.8) is 0 Å². The van der Waals surface area contributed by atoms with Gasteiger partial charge in [-0.05, 0) is 30.2 Å². The normalized spacial score (nSPS) is 9.79. The fourth-order valence-corrected chi connectivity index (χ4v) is 1.67. The molecule has 0 spiro atoms. The molecule has 0 saturated carbocycles. The van der Waals surface area contributed by atoms with E-state index in [4.69, 9.17) is 21.6 Å². The Bertz CT molecular complexity index is 653. The number of halogens is 1. The van der Waals surface area contributed by atoms with E-state index in [1.54, 1.807) is 6.07 Å². The summed E-state index contributed by atoms with van der Waals surface area (Å²) in [6.07, 6.45) is 0. The average molecular weight is 276 g/mol. The highest BCUT2D eigenvalue weighted by molar-refractivity contribution is 6.28. The molecule has 0 atom stereocenters. The van der Waals surface area contributed by atoms with Crippen LogP contribution in [0.25, 0.3) is 0 Å². The van der Waals surface area contributed by atoms with Crippen LogP contribution in [-0.4, -0.2) is 22.1 Å². The minimum atomic E-state index is 0.0144. The largest absolute Gasteiger partial charge is 0.467 e. The van der Waals surface area contributed by atoms with E-state index in [9.17, 15) is 0 Å². The first-order chi connectivity index (χ1) is 9.13. The first kappa shape index (κ1) is 13.1. The molecule has 0 aliphatic carbocycles. The lowest BCUT2D eigenvalue weighted by molar-refractivity contribution is 0.379. The zero-order valence-electron chi connectivity index (χ0n) is 10.3. The van der Waals surface area contributed by atoms with Crippen molar-refractivity contribution in [3.05, 3.63) is 34.6 Å². The fourth-order valence-electron chi connectivity index (χ4n) is 1.52. The van der Waals surface area contributed by atoms with E-state index in [2.05, 4.69) is 26.3 Å². The molecule has 0 bridgehead atoms. The van der Waals surface area contributed by atoms with Gasteiger partial charge in [-0.3, -0.25) is 0 Å². The molecule has 0 saturated heterocycles. The molecule has 7 heteroatoms. The van der Waals surface area contributed by atoms with E-state index in [1.165, 1.54) is 7.11 Å². The first-order valence-corrected chi connectivity index (χ1v) is 5.74. The predicted molar refractivity (Wildman–Crippen MR) is 70.6 cm³/mol. The van der Waals surface area contributed by atoms with Crippen LogP contribution in [0.3, 0.4) is 0 Å². The molecule has 0 aliphatic heterocycles. The van der Waals surface area contributed by atoms with Crippen molar-refractivity contribution in [1.29, 1.82) is 5.26 Å². The maximum absolute atomic E-state index is 9.14. The smallest absolute Gasteiger partial charge is 0.322 e. The van der Waals surface area contributed by atoms with E-state index in [-0.39, 0.29) is 17.2 Å². The molecule has 6 nitrogen and oxygen atoms in total. The first-order valence-electron chi connectivity index (χ1n) is 5.36. The van der Waals surface area contributed by atoms with Crippen LogP contribution in [0.2, 0.25) is 5.28 Å². The van der Waals surface area contributed by atoms with Gasteiger partial charge in [0.2, 0.25) is 11.2 Å². The highest BCUT2D eigenvalue weighted by atomic mass is 35.5. The Morgan fingerprint density at radius 3 is 2.79 bits per heavy atom. The number of aryl methyl sites for hydroxylation is 1. The van der Waals surface area contributed by atoms with Gasteiger partial charge in [-0.25, -0.2) is 0 Å². The Balaban J connectivity index is 2.39. The molecule has 1 heterocycles. The van der Waals surface area contributed by atoms with Crippen molar-refractivity contribution in [2.45, 2.75) is 6.92 Å². The molecule has 1 N–H and O–H groups in total. The van der Waals surface area contributed by atoms with Gasteiger partial charge in [0.1, 0.15) is 6.07 Å². The molecule has 1 aromatic heterocycles. The standard InChI is InChI=1S/C12H10ClN5O/c1-7-4-3-5-9(8(7)6-14)15-11-16-10(13)17-12(18-11)19-2/h3-5H,1-2H3,(H,15,16,17,18). The SMILES string of the molecule is COc1nc(Cl)nc(Nc2cccc(C)c2C#N)n1. The Kier molecular flexibility index (Phi) is 3.78. The molecule has 0 fully saturated rings. The predicted octanol–water partition coefficient (Wildman–Crippen LogP) is 2.46. The third-order valence-corrected chi connectivity index (χ3v) is 2.57. The molecule has 0 radical (unpaired) electrons. The summed E-state index contributed by atoms with van der Waals surface area (Å²) in [5, 5.41) is 12.1. The second-order valence-corrected chi connectivity index (χ2v) is 3.99. The summed E-state index contributed by atoms with van der Waals surface area (Å²) in [5.41, 5.74) is 1.99. The van der Waals surface area contributed by atoms with E-state index in [0.717, 1.165) is 5.56 Å². The summed E-state index contributed by atoms with van der Waals surface area (Å²) < 4.78 is 4.90. The Hall–Kier alpha value is -2.39. The quantitative estimate of drug-likeness (QED) is 0.926. The molecule has 0 aliphatic rings. The fraction of sp³-hybridized carbons (Fsp3) is 0.167. The zero-order chi connectivity index (χ0) is 13.8. The number of rotatable bonds is 3. The third-order valence-electron chi connectivity index (χ3n) is 2.40. The van der Waals surface area contributed by atoms with Crippen LogP contribution < -0.4 is 10.1 Å². The average Bonchev–Trinajstić information content (AvgIpc) is 2.38. The number of hydrogen-bond acceptors (Lipinski definition) is 6. The number of ether oxygens (including phenoxy) is 1. The Morgan fingerprint density at radius 1 is 1.32 bits per heavy atom. The number of methoxy groups -OCH3 is 1. The molecule has 1 aromatic carbocycles. The van der Waals surface area contributed by atoms with Crippen LogP contribution >= 0.6 is 11.6 Å². The molecule has 96 valence electrons. The second-order valence-electron chi connectivity index (χ2n) is 3.65. The van der Waals surface area contributed by atoms with Crippen molar-refractivity contribution < 1.29 is 4.74 Å². The summed E-state index contributed by atoms with van der Waals surface area (Å²) in [6.45, 7) is 1.85. The molecular weight excluding hydrogens is 266 g/mol. The third kappa shape index (κ3) is 2.89. The van der Waals surface area contributed by atoms with Gasteiger partial charge < -0.3 is 10.1 Å². The van der Waals surface area contributed by atoms with Crippen LogP contribution in [0.1, 0.15) is 11.1 Å². The van der Waals surface area contributed by atoms with Crippen molar-refractivity contribution in [2.75, 3.05) is 12.4 Å². The van der Waals surface area contributed by atoms with Gasteiger partial charge in [0.15, 0.2) is 0 Å². The van der Waals surface area contributed by atoms with Crippen LogP contribution in [0.15, 0.2) is 18.2 Å². The summed E-state index contributed by atoms with van der Waals surface area (Å²) in [5.74, 6) is 0.221. The zero-order valence-corrected chi connectivity index (χ0v) is 11.1. The maximum Gasteiger partial charge on any atom is 0.322 e. The Labute approximate surface area is 115 Å². The molecular formula is C12H10ClN5O. The van der Waals surface area contributed by atoms with Crippen molar-refractivity contribution in [2.24, 2.45) is 0 Å². The number of benzene rings is 1. The number of nitriles is 1. The van der Waals surface area contributed by atoms with Crippen molar-refractivity contribution in [3.8, 4) is 12.1 Å². The molecule has 0 amide bonds. The number of aromatic nitrogens is 3. The summed E-state index contributed by atoms with van der Waals surface area (Å²) in [7, 11) is 1.43. The second kappa shape index (κ2) is 5.50. The lowest BCUT2D eigenvalue weighted by Gasteiger charge is -2.09. The lowest BCUT2D eigenvalue weighted by Crippen LogP contribution is -2.03. The van der Waals surface area contributed by atoms with Gasteiger partial charge >= 0.3 is 6.01 Å². The van der Waals surface area contributed by atoms with Crippen LogP contribution in [0, 0.1) is 18.3 Å². The summed E-state index contributed by atoms with van der Waals surface area (Å²) >= 11 is 5.75. The lowest BCUT2D eigenvalue weighted by atomic mass is 10.1. The van der Waals surface area contributed by atoms with Gasteiger partial charge in [0.25, 0.3) is 0 Å². The minimum Gasteiger partial charge on any atom is -0.467 e. The van der Waals surface area contributed by atoms with E-state index < -0.39 is 0 Å². The number of nitrogens with zero attached hydrogens (tertiary/aromatic N) is 4. The van der Waals surface area contributed by atoms with Gasteiger partial charge in [0.05, 0.1) is 18.4 Å². The summed E-state index contributed by atoms with van der Waals surface area (Å²) in [6, 6.07) is 7.68. The summed E-state index contributed by atoms with van der Waals surface area (Å²) in [4.78, 5) is 11.7. The number of anilines is 2. The maximum atomic E-state index is 9.14. The van der Waals surface area contributed by atoms with Crippen molar-refractivity contribution >= 4 is 23.2 Å². The molecule has 0 unspecified atom stereocenters. The van der Waals surface area contributed by atoms with Crippen LogP contribution in [0.5, 0.6) is 6.01 Å². The van der Waals surface area contributed by atoms with Crippen LogP contribution in [0.4, 0.5) is 11.6 Å². The molecule has 19 heavy (non-hydrogen) atoms. The minimum absolute atomic E-state index is 0.0144. The number of nitrogens with one attached hydrogen (secondary N) is 1. The van der Waals surface area contributed by atoms with E-state index in [1.807, 2.05) is 19.1 Å². The molecule has 2 aromatic rings. The van der Waals surface area contributed by atoms with Crippen LogP contribution in [-0.2, 0) is 0 Å². The highest BCUT2D eigenvalue weighted by Crippen LogP contribution is 2.22. The van der Waals surface area contributed by atoms with Gasteiger partial charge in [-0.15, -0.1) is 0 Å². The Morgan fingerprint density at radius 2 is 2.11 bits per heavy atom. The van der Waals surface area contributed by atoms with Gasteiger partial charge in [-0.1, -0.05) is 12.1 Å². The van der Waals surface area contributed by atoms with Gasteiger partial charge in [0, 0.05) is 0 Å². The highest BCUT2D eigenvalue weighted by Gasteiger charge is 2.09. The van der Waals surface area contributed by atoms with Crippen molar-refractivity contribution in [1.82, 2.24) is 15.0 Å². The van der Waals surface area contributed by atoms with E-state index in [0.29, 0.717) is 11.3 Å². The topological polar surface area (TPSA) is 83.7 Å². The van der Waals surface area contributed by atoms with E-state index >= 15 is 0 Å². The molecule has 2 rings (SSSR count). The monoisotopic (exact) mass is 275 g/mol.